The van der Waals surface area contributed by atoms with Gasteiger partial charge in [0.15, 0.2) is 5.13 Å². The van der Waals surface area contributed by atoms with Crippen LogP contribution in [0.25, 0.3) is 0 Å². The summed E-state index contributed by atoms with van der Waals surface area (Å²) in [4.78, 5) is 26.8. The van der Waals surface area contributed by atoms with Crippen LogP contribution in [0.5, 0.6) is 0 Å². The predicted molar refractivity (Wildman–Crippen MR) is 109 cm³/mol. The maximum absolute atomic E-state index is 12.5. The molecular formula is C15H23Cl2N5OS2. The first-order chi connectivity index (χ1) is 11.2. The fraction of sp³-hybridized carbons (Fsp3) is 0.533. The van der Waals surface area contributed by atoms with E-state index in [4.69, 9.17) is 5.73 Å². The molecular weight excluding hydrogens is 401 g/mol. The minimum atomic E-state index is 0. The third-order valence-corrected chi connectivity index (χ3v) is 5.97. The largest absolute Gasteiger partial charge is 0.345 e. The molecule has 2 N–H and O–H groups in total. The number of anilines is 1. The molecule has 0 radical (unpaired) electrons. The molecule has 2 aromatic rings. The summed E-state index contributed by atoms with van der Waals surface area (Å²) in [5, 5.41) is 3.84. The van der Waals surface area contributed by atoms with Crippen LogP contribution in [0.2, 0.25) is 0 Å². The number of aryl methyl sites for hydroxylation is 1. The van der Waals surface area contributed by atoms with Crippen molar-refractivity contribution >= 4 is 58.5 Å². The number of hydrogen-bond acceptors (Lipinski definition) is 7. The molecule has 10 heteroatoms. The van der Waals surface area contributed by atoms with Crippen molar-refractivity contribution in [2.75, 3.05) is 37.6 Å². The molecule has 6 nitrogen and oxygen atoms in total. The highest BCUT2D eigenvalue weighted by Gasteiger charge is 2.25. The summed E-state index contributed by atoms with van der Waals surface area (Å²) in [6.45, 7) is 5.77. The lowest BCUT2D eigenvalue weighted by Crippen LogP contribution is -2.48. The van der Waals surface area contributed by atoms with Crippen LogP contribution in [0, 0.1) is 0 Å². The van der Waals surface area contributed by atoms with Crippen molar-refractivity contribution in [3.05, 3.63) is 27.2 Å². The molecule has 0 atom stereocenters. The van der Waals surface area contributed by atoms with Gasteiger partial charge in [-0.15, -0.1) is 47.5 Å². The van der Waals surface area contributed by atoms with Crippen LogP contribution >= 0.6 is 47.5 Å². The Labute approximate surface area is 168 Å². The maximum Gasteiger partial charge on any atom is 0.273 e. The van der Waals surface area contributed by atoms with E-state index in [9.17, 15) is 4.79 Å². The maximum atomic E-state index is 12.5. The average Bonchev–Trinajstić information content (AvgIpc) is 3.24. The fourth-order valence-corrected chi connectivity index (χ4v) is 4.21. The summed E-state index contributed by atoms with van der Waals surface area (Å²) in [6.07, 6.45) is 3.70. The zero-order valence-electron chi connectivity index (χ0n) is 14.0. The molecule has 1 fully saturated rings. The van der Waals surface area contributed by atoms with Gasteiger partial charge in [-0.05, 0) is 13.0 Å². The Kier molecular flexibility index (Phi) is 9.09. The van der Waals surface area contributed by atoms with E-state index < -0.39 is 0 Å². The topological polar surface area (TPSA) is 75.4 Å². The molecule has 0 unspecified atom stereocenters. The summed E-state index contributed by atoms with van der Waals surface area (Å²) < 4.78 is 0. The van der Waals surface area contributed by atoms with Gasteiger partial charge < -0.3 is 15.5 Å². The Bertz CT molecular complexity index is 670. The van der Waals surface area contributed by atoms with Gasteiger partial charge in [-0.1, -0.05) is 6.92 Å². The normalized spacial score (nSPS) is 14.0. The van der Waals surface area contributed by atoms with E-state index in [0.717, 1.165) is 36.1 Å². The minimum Gasteiger partial charge on any atom is -0.345 e. The quantitative estimate of drug-likeness (QED) is 0.798. The summed E-state index contributed by atoms with van der Waals surface area (Å²) in [7, 11) is 0. The zero-order valence-corrected chi connectivity index (χ0v) is 17.3. The number of nitrogens with two attached hydrogens (primary N) is 1. The highest BCUT2D eigenvalue weighted by Crippen LogP contribution is 2.24. The van der Waals surface area contributed by atoms with Crippen LogP contribution in [0.1, 0.15) is 27.3 Å². The Hall–Kier alpha value is -0.930. The second-order valence-corrected chi connectivity index (χ2v) is 7.44. The van der Waals surface area contributed by atoms with Crippen LogP contribution in [0.4, 0.5) is 5.13 Å². The molecule has 3 heterocycles. The van der Waals surface area contributed by atoms with Gasteiger partial charge in [0.1, 0.15) is 5.69 Å². The lowest BCUT2D eigenvalue weighted by molar-refractivity contribution is 0.0741. The molecule has 1 amide bonds. The van der Waals surface area contributed by atoms with E-state index >= 15 is 0 Å². The summed E-state index contributed by atoms with van der Waals surface area (Å²) >= 11 is 3.25. The average molecular weight is 424 g/mol. The number of carbonyl (C=O) groups is 1. The SMILES string of the molecule is CCc1cnc(N2CCN(C(=O)c3csc(CCN)n3)CC2)s1.Cl.Cl. The van der Waals surface area contributed by atoms with Gasteiger partial charge in [-0.2, -0.15) is 0 Å². The third kappa shape index (κ3) is 5.27. The number of amides is 1. The molecule has 3 rings (SSSR count). The van der Waals surface area contributed by atoms with Crippen molar-refractivity contribution in [2.24, 2.45) is 5.73 Å². The molecule has 140 valence electrons. The summed E-state index contributed by atoms with van der Waals surface area (Å²) in [5.41, 5.74) is 6.08. The van der Waals surface area contributed by atoms with Crippen molar-refractivity contribution in [1.82, 2.24) is 14.9 Å². The van der Waals surface area contributed by atoms with Crippen molar-refractivity contribution in [3.8, 4) is 0 Å². The van der Waals surface area contributed by atoms with E-state index in [1.165, 1.54) is 16.2 Å². The number of aromatic nitrogens is 2. The highest BCUT2D eigenvalue weighted by molar-refractivity contribution is 7.15. The van der Waals surface area contributed by atoms with E-state index in [0.29, 0.717) is 25.3 Å². The Morgan fingerprint density at radius 1 is 1.28 bits per heavy atom. The Balaban J connectivity index is 0.00000156. The first-order valence-corrected chi connectivity index (χ1v) is 9.54. The summed E-state index contributed by atoms with van der Waals surface area (Å²) in [5.74, 6) is 0.0255. The molecule has 25 heavy (non-hydrogen) atoms. The smallest absolute Gasteiger partial charge is 0.273 e. The number of rotatable bonds is 5. The highest BCUT2D eigenvalue weighted by atomic mass is 35.5. The van der Waals surface area contributed by atoms with Gasteiger partial charge >= 0.3 is 0 Å². The van der Waals surface area contributed by atoms with Crippen LogP contribution in [-0.2, 0) is 12.8 Å². The van der Waals surface area contributed by atoms with Crippen molar-refractivity contribution in [2.45, 2.75) is 19.8 Å². The number of hydrogen-bond donors (Lipinski definition) is 1. The standard InChI is InChI=1S/C15H21N5OS2.2ClH/c1-2-11-9-17-15(23-11)20-7-5-19(6-8-20)14(21)12-10-22-13(18-12)3-4-16;;/h9-10H,2-8,16H2,1H3;2*1H. The molecule has 2 aromatic heterocycles. The van der Waals surface area contributed by atoms with E-state index in [1.54, 1.807) is 11.3 Å². The minimum absolute atomic E-state index is 0. The van der Waals surface area contributed by atoms with Crippen LogP contribution in [0.3, 0.4) is 0 Å². The number of piperazine rings is 1. The van der Waals surface area contributed by atoms with Gasteiger partial charge in [0.25, 0.3) is 5.91 Å². The number of nitrogens with zero attached hydrogens (tertiary/aromatic N) is 4. The number of thiazole rings is 2. The van der Waals surface area contributed by atoms with Crippen molar-refractivity contribution in [3.63, 3.8) is 0 Å². The second kappa shape index (κ2) is 10.3. The van der Waals surface area contributed by atoms with Gasteiger partial charge in [0.2, 0.25) is 0 Å². The van der Waals surface area contributed by atoms with Crippen molar-refractivity contribution < 1.29 is 4.79 Å². The van der Waals surface area contributed by atoms with Gasteiger partial charge in [-0.25, -0.2) is 9.97 Å². The molecule has 1 aliphatic rings. The van der Waals surface area contributed by atoms with Gasteiger partial charge in [0, 0.05) is 49.1 Å². The number of carbonyl (C=O) groups excluding carboxylic acids is 1. The van der Waals surface area contributed by atoms with E-state index in [2.05, 4.69) is 21.8 Å². The van der Waals surface area contributed by atoms with Gasteiger partial charge in [0.05, 0.1) is 5.01 Å². The van der Waals surface area contributed by atoms with Crippen molar-refractivity contribution in [1.29, 1.82) is 0 Å². The molecule has 1 saturated heterocycles. The van der Waals surface area contributed by atoms with E-state index in [1.807, 2.05) is 16.5 Å². The first kappa shape index (κ1) is 22.1. The lowest BCUT2D eigenvalue weighted by atomic mass is 10.3. The molecule has 0 spiro atoms. The molecule has 0 aliphatic carbocycles. The Morgan fingerprint density at radius 3 is 2.60 bits per heavy atom. The van der Waals surface area contributed by atoms with Crippen LogP contribution in [-0.4, -0.2) is 53.5 Å². The molecule has 0 saturated carbocycles. The van der Waals surface area contributed by atoms with Crippen LogP contribution in [0.15, 0.2) is 11.6 Å². The van der Waals surface area contributed by atoms with Gasteiger partial charge in [-0.3, -0.25) is 4.79 Å². The second-order valence-electron chi connectivity index (χ2n) is 5.41. The third-order valence-electron chi connectivity index (χ3n) is 3.86. The molecule has 0 aromatic carbocycles. The zero-order chi connectivity index (χ0) is 16.2. The monoisotopic (exact) mass is 423 g/mol. The predicted octanol–water partition coefficient (Wildman–Crippen LogP) is 2.47. The van der Waals surface area contributed by atoms with E-state index in [-0.39, 0.29) is 30.7 Å². The fourth-order valence-electron chi connectivity index (χ4n) is 2.52. The lowest BCUT2D eigenvalue weighted by Gasteiger charge is -2.34. The first-order valence-electron chi connectivity index (χ1n) is 7.84. The Morgan fingerprint density at radius 2 is 2.00 bits per heavy atom. The molecule has 0 bridgehead atoms. The number of halogens is 2. The molecule has 1 aliphatic heterocycles. The van der Waals surface area contributed by atoms with Crippen LogP contribution < -0.4 is 10.6 Å². The summed E-state index contributed by atoms with van der Waals surface area (Å²) in [6, 6.07) is 0.